The Kier molecular flexibility index (Phi) is 4.52. The van der Waals surface area contributed by atoms with Crippen molar-refractivity contribution in [2.24, 2.45) is 5.41 Å². The van der Waals surface area contributed by atoms with Crippen LogP contribution in [-0.4, -0.2) is 60.2 Å². The van der Waals surface area contributed by atoms with Gasteiger partial charge in [-0.2, -0.15) is 0 Å². The first-order chi connectivity index (χ1) is 10.6. The van der Waals surface area contributed by atoms with Crippen LogP contribution in [0.5, 0.6) is 0 Å². The molecule has 1 atom stereocenters. The van der Waals surface area contributed by atoms with Gasteiger partial charge in [0.25, 0.3) is 0 Å². The maximum atomic E-state index is 9.95. The molecule has 2 heterocycles. The number of nitrogens with one attached hydrogen (secondary N) is 1. The second-order valence-corrected chi connectivity index (χ2v) is 7.07. The van der Waals surface area contributed by atoms with E-state index in [0.717, 1.165) is 39.0 Å². The van der Waals surface area contributed by atoms with Gasteiger partial charge in [-0.3, -0.25) is 4.90 Å². The molecule has 1 aromatic carbocycles. The average Bonchev–Trinajstić information content (AvgIpc) is 2.96. The molecule has 0 spiro atoms. The van der Waals surface area contributed by atoms with E-state index in [1.807, 2.05) is 6.20 Å². The first-order valence-corrected chi connectivity index (χ1v) is 8.15. The van der Waals surface area contributed by atoms with Crippen molar-refractivity contribution in [1.29, 1.82) is 0 Å². The number of aliphatic hydroxyl groups excluding tert-OH is 1. The van der Waals surface area contributed by atoms with Gasteiger partial charge in [-0.25, -0.2) is 0 Å². The lowest BCUT2D eigenvalue weighted by Gasteiger charge is -2.43. The number of para-hydroxylation sites is 1. The molecule has 4 nitrogen and oxygen atoms in total. The van der Waals surface area contributed by atoms with Crippen molar-refractivity contribution in [3.8, 4) is 0 Å². The Morgan fingerprint density at radius 1 is 1.32 bits per heavy atom. The molecule has 22 heavy (non-hydrogen) atoms. The number of aliphatic hydroxyl groups is 1. The van der Waals surface area contributed by atoms with Gasteiger partial charge in [-0.05, 0) is 50.5 Å². The zero-order valence-electron chi connectivity index (χ0n) is 13.7. The quantitative estimate of drug-likeness (QED) is 0.890. The summed E-state index contributed by atoms with van der Waals surface area (Å²) in [6, 6.07) is 8.61. The monoisotopic (exact) mass is 301 g/mol. The Hall–Kier alpha value is -1.36. The maximum absolute atomic E-state index is 9.95. The number of piperidine rings is 1. The molecule has 1 saturated heterocycles. The minimum absolute atomic E-state index is 0.0192. The molecule has 1 aliphatic heterocycles. The molecule has 0 aliphatic carbocycles. The van der Waals surface area contributed by atoms with Gasteiger partial charge in [0.2, 0.25) is 0 Å². The van der Waals surface area contributed by atoms with Crippen LogP contribution in [0.2, 0.25) is 0 Å². The Morgan fingerprint density at radius 2 is 2.18 bits per heavy atom. The van der Waals surface area contributed by atoms with Gasteiger partial charge in [0.05, 0.1) is 6.61 Å². The molecule has 3 rings (SSSR count). The van der Waals surface area contributed by atoms with Crippen LogP contribution in [0.1, 0.15) is 18.4 Å². The van der Waals surface area contributed by atoms with E-state index in [2.05, 4.69) is 53.1 Å². The summed E-state index contributed by atoms with van der Waals surface area (Å²) >= 11 is 0. The minimum atomic E-state index is 0.0192. The summed E-state index contributed by atoms with van der Waals surface area (Å²) in [4.78, 5) is 8.06. The van der Waals surface area contributed by atoms with E-state index in [4.69, 9.17) is 0 Å². The fourth-order valence-electron chi connectivity index (χ4n) is 3.95. The van der Waals surface area contributed by atoms with Crippen LogP contribution in [-0.2, 0) is 6.54 Å². The smallest absolute Gasteiger partial charge is 0.0512 e. The Bertz CT molecular complexity index is 622. The third kappa shape index (κ3) is 3.19. The third-order valence-corrected chi connectivity index (χ3v) is 4.80. The largest absolute Gasteiger partial charge is 0.396 e. The molecule has 2 N–H and O–H groups in total. The van der Waals surface area contributed by atoms with Gasteiger partial charge < -0.3 is 15.0 Å². The molecule has 0 radical (unpaired) electrons. The van der Waals surface area contributed by atoms with Crippen molar-refractivity contribution >= 4 is 10.9 Å². The van der Waals surface area contributed by atoms with Gasteiger partial charge in [-0.15, -0.1) is 0 Å². The van der Waals surface area contributed by atoms with Gasteiger partial charge >= 0.3 is 0 Å². The fourth-order valence-corrected chi connectivity index (χ4v) is 3.95. The highest BCUT2D eigenvalue weighted by molar-refractivity contribution is 5.82. The lowest BCUT2D eigenvalue weighted by Crippen LogP contribution is -2.49. The lowest BCUT2D eigenvalue weighted by molar-refractivity contribution is 0.0107. The highest BCUT2D eigenvalue weighted by Gasteiger charge is 2.35. The standard InChI is InChI=1S/C18H27N3O/c1-20(2)12-18(14-22)8-4-10-21(13-18)11-16-6-3-5-15-7-9-19-17(15)16/h3,5-7,9,19,22H,4,8,10-14H2,1-2H3/t18-/m0/s1. The Morgan fingerprint density at radius 3 is 2.95 bits per heavy atom. The third-order valence-electron chi connectivity index (χ3n) is 4.80. The first kappa shape index (κ1) is 15.5. The van der Waals surface area contributed by atoms with Crippen LogP contribution >= 0.6 is 0 Å². The van der Waals surface area contributed by atoms with Crippen LogP contribution in [0, 0.1) is 5.41 Å². The molecule has 1 aromatic heterocycles. The topological polar surface area (TPSA) is 42.5 Å². The molecule has 1 aliphatic rings. The van der Waals surface area contributed by atoms with E-state index in [1.54, 1.807) is 0 Å². The number of nitrogens with zero attached hydrogens (tertiary/aromatic N) is 2. The minimum Gasteiger partial charge on any atom is -0.396 e. The second kappa shape index (κ2) is 6.41. The molecule has 0 amide bonds. The van der Waals surface area contributed by atoms with Crippen molar-refractivity contribution in [3.05, 3.63) is 36.0 Å². The average molecular weight is 301 g/mol. The van der Waals surface area contributed by atoms with Crippen molar-refractivity contribution in [2.75, 3.05) is 40.3 Å². The number of rotatable bonds is 5. The molecule has 0 saturated carbocycles. The predicted molar refractivity (Wildman–Crippen MR) is 90.9 cm³/mol. The number of fused-ring (bicyclic) bond motifs is 1. The Balaban J connectivity index is 1.76. The second-order valence-electron chi connectivity index (χ2n) is 7.07. The summed E-state index contributed by atoms with van der Waals surface area (Å²) in [5.74, 6) is 0. The summed E-state index contributed by atoms with van der Waals surface area (Å²) in [7, 11) is 4.19. The number of aromatic nitrogens is 1. The summed E-state index contributed by atoms with van der Waals surface area (Å²) in [5, 5.41) is 11.2. The Labute approximate surface area is 132 Å². The highest BCUT2D eigenvalue weighted by atomic mass is 16.3. The molecular formula is C18H27N3O. The zero-order chi connectivity index (χ0) is 15.6. The van der Waals surface area contributed by atoms with Crippen molar-refractivity contribution < 1.29 is 5.11 Å². The van der Waals surface area contributed by atoms with Crippen molar-refractivity contribution in [1.82, 2.24) is 14.8 Å². The van der Waals surface area contributed by atoms with Gasteiger partial charge in [0, 0.05) is 36.8 Å². The number of H-pyrrole nitrogens is 1. The van der Waals surface area contributed by atoms with Crippen LogP contribution in [0.4, 0.5) is 0 Å². The molecule has 1 fully saturated rings. The van der Waals surface area contributed by atoms with E-state index in [1.165, 1.54) is 16.5 Å². The molecular weight excluding hydrogens is 274 g/mol. The molecule has 120 valence electrons. The highest BCUT2D eigenvalue weighted by Crippen LogP contribution is 2.31. The number of benzene rings is 1. The van der Waals surface area contributed by atoms with Gasteiger partial charge in [0.15, 0.2) is 0 Å². The normalized spacial score (nSPS) is 23.5. The SMILES string of the molecule is CN(C)C[C@@]1(CO)CCCN(Cc2cccc3cc[nH]c23)C1. The molecule has 0 unspecified atom stereocenters. The molecule has 2 aromatic rings. The fraction of sp³-hybridized carbons (Fsp3) is 0.556. The molecule has 4 heteroatoms. The summed E-state index contributed by atoms with van der Waals surface area (Å²) in [5.41, 5.74) is 2.61. The van der Waals surface area contributed by atoms with Crippen LogP contribution in [0.15, 0.2) is 30.5 Å². The first-order valence-electron chi connectivity index (χ1n) is 8.15. The zero-order valence-corrected chi connectivity index (χ0v) is 13.7. The number of hydrogen-bond donors (Lipinski definition) is 2. The summed E-state index contributed by atoms with van der Waals surface area (Å²) < 4.78 is 0. The van der Waals surface area contributed by atoms with Gasteiger partial charge in [0.1, 0.15) is 0 Å². The van der Waals surface area contributed by atoms with Gasteiger partial charge in [-0.1, -0.05) is 18.2 Å². The van der Waals surface area contributed by atoms with E-state index >= 15 is 0 Å². The van der Waals surface area contributed by atoms with E-state index in [0.29, 0.717) is 0 Å². The van der Waals surface area contributed by atoms with Crippen LogP contribution in [0.25, 0.3) is 10.9 Å². The van der Waals surface area contributed by atoms with E-state index < -0.39 is 0 Å². The van der Waals surface area contributed by atoms with Crippen molar-refractivity contribution in [3.63, 3.8) is 0 Å². The number of aromatic amines is 1. The summed E-state index contributed by atoms with van der Waals surface area (Å²) in [6.07, 6.45) is 4.29. The van der Waals surface area contributed by atoms with Crippen molar-refractivity contribution in [2.45, 2.75) is 19.4 Å². The van der Waals surface area contributed by atoms with Crippen LogP contribution in [0.3, 0.4) is 0 Å². The lowest BCUT2D eigenvalue weighted by atomic mass is 9.80. The predicted octanol–water partition coefficient (Wildman–Crippen LogP) is 2.30. The van der Waals surface area contributed by atoms with E-state index in [9.17, 15) is 5.11 Å². The van der Waals surface area contributed by atoms with E-state index in [-0.39, 0.29) is 12.0 Å². The summed E-state index contributed by atoms with van der Waals surface area (Å²) in [6.45, 7) is 4.26. The number of likely N-dealkylation sites (tertiary alicyclic amines) is 1. The van der Waals surface area contributed by atoms with Crippen LogP contribution < -0.4 is 0 Å². The maximum Gasteiger partial charge on any atom is 0.0512 e. The number of hydrogen-bond acceptors (Lipinski definition) is 3. The molecule has 0 bridgehead atoms.